The van der Waals surface area contributed by atoms with E-state index >= 15 is 0 Å². The number of para-hydroxylation sites is 1. The van der Waals surface area contributed by atoms with Crippen molar-refractivity contribution in [3.05, 3.63) is 71.9 Å². The van der Waals surface area contributed by atoms with Crippen molar-refractivity contribution in [2.24, 2.45) is 0 Å². The fraction of sp³-hybridized carbons (Fsp3) is 0.346. The van der Waals surface area contributed by atoms with Crippen molar-refractivity contribution in [2.75, 3.05) is 27.2 Å². The number of benzene rings is 2. The fourth-order valence-electron chi connectivity index (χ4n) is 3.85. The highest BCUT2D eigenvalue weighted by Gasteiger charge is 2.14. The number of aliphatic hydroxyl groups excluding tert-OH is 1. The molecule has 31 heavy (non-hydrogen) atoms. The number of ether oxygens (including phenoxy) is 1. The van der Waals surface area contributed by atoms with Crippen LogP contribution >= 0.6 is 0 Å². The summed E-state index contributed by atoms with van der Waals surface area (Å²) in [5.41, 5.74) is 2.65. The van der Waals surface area contributed by atoms with Crippen LogP contribution < -0.4 is 9.64 Å². The van der Waals surface area contributed by atoms with Crippen LogP contribution in [0.25, 0.3) is 17.0 Å². The Bertz CT molecular complexity index is 1020. The van der Waals surface area contributed by atoms with E-state index in [9.17, 15) is 9.90 Å². The summed E-state index contributed by atoms with van der Waals surface area (Å²) in [6, 6.07) is 15.2. The molecule has 5 heteroatoms. The maximum atomic E-state index is 12.6. The van der Waals surface area contributed by atoms with Gasteiger partial charge in [0.15, 0.2) is 5.78 Å². The lowest BCUT2D eigenvalue weighted by molar-refractivity contribution is -0.883. The number of hydrogen-bond acceptors (Lipinski definition) is 3. The molecule has 2 aromatic carbocycles. The molecule has 0 aliphatic carbocycles. The topological polar surface area (TPSA) is 55.9 Å². The van der Waals surface area contributed by atoms with Gasteiger partial charge in [-0.2, -0.15) is 0 Å². The average molecular weight is 422 g/mol. The Hall–Kier alpha value is -2.89. The number of carbonyl (C=O) groups excluding carboxylic acids is 1. The van der Waals surface area contributed by atoms with Crippen LogP contribution in [0.15, 0.2) is 60.8 Å². The minimum atomic E-state index is -0.426. The first-order chi connectivity index (χ1) is 15.0. The third kappa shape index (κ3) is 6.06. The molecule has 1 unspecified atom stereocenters. The van der Waals surface area contributed by atoms with Crippen LogP contribution in [0.2, 0.25) is 0 Å². The number of rotatable bonds is 11. The minimum Gasteiger partial charge on any atom is -0.497 e. The largest absolute Gasteiger partial charge is 0.497 e. The Labute approximate surface area is 184 Å². The van der Waals surface area contributed by atoms with Gasteiger partial charge in [-0.15, -0.1) is 0 Å². The monoisotopic (exact) mass is 421 g/mol. The molecule has 0 bridgehead atoms. The Morgan fingerprint density at radius 3 is 2.65 bits per heavy atom. The van der Waals surface area contributed by atoms with Crippen molar-refractivity contribution in [1.29, 1.82) is 0 Å². The molecule has 0 saturated carbocycles. The second-order valence-corrected chi connectivity index (χ2v) is 8.10. The second-order valence-electron chi connectivity index (χ2n) is 8.10. The van der Waals surface area contributed by atoms with Gasteiger partial charge in [0.1, 0.15) is 18.4 Å². The van der Waals surface area contributed by atoms with E-state index in [1.165, 1.54) is 17.7 Å². The molecule has 2 atom stereocenters. The number of ketones is 1. The van der Waals surface area contributed by atoms with Crippen LogP contribution in [0.3, 0.4) is 0 Å². The number of carbonyl (C=O) groups is 1. The smallest absolute Gasteiger partial charge is 0.185 e. The number of likely N-dealkylation sites (N-methyl/N-ethyl adjacent to an activating group) is 1. The predicted molar refractivity (Wildman–Crippen MR) is 126 cm³/mol. The van der Waals surface area contributed by atoms with E-state index in [2.05, 4.69) is 24.6 Å². The number of aliphatic hydroxyl groups is 1. The lowest BCUT2D eigenvalue weighted by Gasteiger charge is -2.18. The number of aromatic nitrogens is 1. The average Bonchev–Trinajstić information content (AvgIpc) is 3.13. The number of quaternary nitrogens is 1. The summed E-state index contributed by atoms with van der Waals surface area (Å²) in [4.78, 5) is 13.9. The quantitative estimate of drug-likeness (QED) is 0.369. The molecule has 0 aliphatic rings. The summed E-state index contributed by atoms with van der Waals surface area (Å²) in [7, 11) is 3.74. The van der Waals surface area contributed by atoms with Gasteiger partial charge in [0.2, 0.25) is 0 Å². The highest BCUT2D eigenvalue weighted by molar-refractivity contribution is 6.07. The van der Waals surface area contributed by atoms with Gasteiger partial charge < -0.3 is 19.3 Å². The van der Waals surface area contributed by atoms with E-state index in [4.69, 9.17) is 4.74 Å². The standard InChI is InChI=1S/C26H32N2O3/c1-4-5-16-27(2)18-22(29)19-28-17-21(24-8-6-7-9-25(24)28)12-15-26(30)20-10-13-23(31-3)14-11-20/h6-15,17,22,29H,4-5,16,18-19H2,1-3H3/p+1/b15-12+/t22-/m1/s1. The van der Waals surface area contributed by atoms with E-state index in [-0.39, 0.29) is 5.78 Å². The third-order valence-electron chi connectivity index (χ3n) is 5.56. The first kappa shape index (κ1) is 22.8. The Morgan fingerprint density at radius 2 is 1.94 bits per heavy atom. The summed E-state index contributed by atoms with van der Waals surface area (Å²) < 4.78 is 7.24. The van der Waals surface area contributed by atoms with Gasteiger partial charge in [0.25, 0.3) is 0 Å². The maximum Gasteiger partial charge on any atom is 0.185 e. The SMILES string of the molecule is CCCC[NH+](C)C[C@@H](O)Cn1cc(/C=C/C(=O)c2ccc(OC)cc2)c2ccccc21. The predicted octanol–water partition coefficient (Wildman–Crippen LogP) is 3.22. The van der Waals surface area contributed by atoms with Crippen LogP contribution in [0.1, 0.15) is 35.7 Å². The van der Waals surface area contributed by atoms with Crippen LogP contribution in [0, 0.1) is 0 Å². The van der Waals surface area contributed by atoms with Crippen molar-refractivity contribution < 1.29 is 19.5 Å². The third-order valence-corrected chi connectivity index (χ3v) is 5.56. The van der Waals surface area contributed by atoms with Crippen molar-refractivity contribution in [2.45, 2.75) is 32.4 Å². The molecule has 1 aromatic heterocycles. The summed E-state index contributed by atoms with van der Waals surface area (Å²) in [5.74, 6) is 0.671. The number of nitrogens with one attached hydrogen (secondary N) is 1. The number of unbranched alkanes of at least 4 members (excludes halogenated alkanes) is 1. The lowest BCUT2D eigenvalue weighted by atomic mass is 10.1. The highest BCUT2D eigenvalue weighted by Crippen LogP contribution is 2.23. The van der Waals surface area contributed by atoms with Crippen molar-refractivity contribution in [3.8, 4) is 5.75 Å². The van der Waals surface area contributed by atoms with Crippen LogP contribution in [0.5, 0.6) is 5.75 Å². The van der Waals surface area contributed by atoms with Gasteiger partial charge in [-0.1, -0.05) is 31.5 Å². The van der Waals surface area contributed by atoms with E-state index in [0.29, 0.717) is 18.7 Å². The zero-order valence-electron chi connectivity index (χ0n) is 18.7. The molecule has 0 radical (unpaired) electrons. The van der Waals surface area contributed by atoms with Gasteiger partial charge in [-0.25, -0.2) is 0 Å². The second kappa shape index (κ2) is 10.9. The number of allylic oxidation sites excluding steroid dienone is 1. The molecule has 0 spiro atoms. The van der Waals surface area contributed by atoms with Gasteiger partial charge in [-0.3, -0.25) is 4.79 Å². The highest BCUT2D eigenvalue weighted by atomic mass is 16.5. The molecule has 0 amide bonds. The van der Waals surface area contributed by atoms with Crippen LogP contribution in [-0.4, -0.2) is 48.8 Å². The molecular formula is C26H33N2O3+. The van der Waals surface area contributed by atoms with Crippen molar-refractivity contribution >= 4 is 22.8 Å². The van der Waals surface area contributed by atoms with Gasteiger partial charge >= 0.3 is 0 Å². The van der Waals surface area contributed by atoms with Crippen LogP contribution in [0.4, 0.5) is 0 Å². The van der Waals surface area contributed by atoms with Gasteiger partial charge in [-0.05, 0) is 48.9 Å². The van der Waals surface area contributed by atoms with Crippen molar-refractivity contribution in [3.63, 3.8) is 0 Å². The lowest BCUT2D eigenvalue weighted by Crippen LogP contribution is -3.10. The van der Waals surface area contributed by atoms with E-state index in [1.54, 1.807) is 37.5 Å². The first-order valence-electron chi connectivity index (χ1n) is 11.0. The fourth-order valence-corrected chi connectivity index (χ4v) is 3.85. The number of fused-ring (bicyclic) bond motifs is 1. The summed E-state index contributed by atoms with van der Waals surface area (Å²) >= 11 is 0. The summed E-state index contributed by atoms with van der Waals surface area (Å²) in [6.07, 6.45) is 7.39. The molecule has 0 saturated heterocycles. The normalized spacial score (nSPS) is 13.5. The molecule has 164 valence electrons. The summed E-state index contributed by atoms with van der Waals surface area (Å²) in [6.45, 7) is 4.50. The Balaban J connectivity index is 1.75. The minimum absolute atomic E-state index is 0.0549. The van der Waals surface area contributed by atoms with E-state index in [0.717, 1.165) is 28.8 Å². The van der Waals surface area contributed by atoms with Crippen molar-refractivity contribution in [1.82, 2.24) is 4.57 Å². The first-order valence-corrected chi connectivity index (χ1v) is 11.0. The molecule has 2 N–H and O–H groups in total. The summed E-state index contributed by atoms with van der Waals surface area (Å²) in [5, 5.41) is 11.7. The van der Waals surface area contributed by atoms with E-state index < -0.39 is 6.10 Å². The Kier molecular flexibility index (Phi) is 8.04. The molecule has 0 aliphatic heterocycles. The zero-order valence-corrected chi connectivity index (χ0v) is 18.7. The van der Waals surface area contributed by atoms with Crippen LogP contribution in [-0.2, 0) is 6.54 Å². The van der Waals surface area contributed by atoms with Gasteiger partial charge in [0.05, 0.1) is 27.2 Å². The number of methoxy groups -OCH3 is 1. The number of nitrogens with zero attached hydrogens (tertiary/aromatic N) is 1. The van der Waals surface area contributed by atoms with E-state index in [1.807, 2.05) is 30.5 Å². The molecule has 3 aromatic rings. The molecule has 5 nitrogen and oxygen atoms in total. The molecular weight excluding hydrogens is 388 g/mol. The Morgan fingerprint density at radius 1 is 1.19 bits per heavy atom. The molecule has 1 heterocycles. The zero-order chi connectivity index (χ0) is 22.2. The maximum absolute atomic E-state index is 12.6. The molecule has 0 fully saturated rings. The number of hydrogen-bond donors (Lipinski definition) is 2. The molecule has 3 rings (SSSR count). The van der Waals surface area contributed by atoms with Gasteiger partial charge in [0, 0.05) is 28.2 Å².